The van der Waals surface area contributed by atoms with Gasteiger partial charge in [-0.2, -0.15) is 0 Å². The Labute approximate surface area is 86.8 Å². The van der Waals surface area contributed by atoms with Crippen molar-refractivity contribution in [3.8, 4) is 0 Å². The van der Waals surface area contributed by atoms with E-state index in [1.165, 1.54) is 38.6 Å². The van der Waals surface area contributed by atoms with E-state index in [0.29, 0.717) is 0 Å². The van der Waals surface area contributed by atoms with Crippen molar-refractivity contribution in [3.63, 3.8) is 0 Å². The molecule has 0 atom stereocenters. The van der Waals surface area contributed by atoms with Gasteiger partial charge in [-0.15, -0.1) is 11.6 Å². The van der Waals surface area contributed by atoms with Crippen LogP contribution in [-0.2, 0) is 0 Å². The second-order valence-corrected chi connectivity index (χ2v) is 4.23. The van der Waals surface area contributed by atoms with Crippen molar-refractivity contribution in [2.45, 2.75) is 32.1 Å². The lowest BCUT2D eigenvalue weighted by atomic mass is 9.97. The zero-order valence-corrected chi connectivity index (χ0v) is 9.32. The van der Waals surface area contributed by atoms with Crippen molar-refractivity contribution >= 4 is 11.6 Å². The molecule has 0 aromatic heterocycles. The van der Waals surface area contributed by atoms with E-state index < -0.39 is 0 Å². The van der Waals surface area contributed by atoms with Crippen LogP contribution in [0.25, 0.3) is 0 Å². The lowest BCUT2D eigenvalue weighted by Gasteiger charge is -2.18. The number of rotatable bonds is 5. The third-order valence-electron chi connectivity index (χ3n) is 2.67. The van der Waals surface area contributed by atoms with Gasteiger partial charge in [0, 0.05) is 19.0 Å². The summed E-state index contributed by atoms with van der Waals surface area (Å²) in [6, 6.07) is 0. The van der Waals surface area contributed by atoms with Crippen LogP contribution in [0, 0.1) is 0 Å². The van der Waals surface area contributed by atoms with Gasteiger partial charge in [-0.25, -0.2) is 0 Å². The average Bonchev–Trinajstić information content (AvgIpc) is 2.17. The summed E-state index contributed by atoms with van der Waals surface area (Å²) < 4.78 is 0. The van der Waals surface area contributed by atoms with Gasteiger partial charge >= 0.3 is 0 Å². The molecule has 1 rings (SSSR count). The van der Waals surface area contributed by atoms with E-state index in [1.807, 2.05) is 0 Å². The lowest BCUT2D eigenvalue weighted by molar-refractivity contribution is 0.356. The first-order valence-electron chi connectivity index (χ1n) is 5.25. The highest BCUT2D eigenvalue weighted by molar-refractivity contribution is 6.18. The Morgan fingerprint density at radius 2 is 2.23 bits per heavy atom. The molecule has 0 bridgehead atoms. The zero-order valence-electron chi connectivity index (χ0n) is 8.56. The third-order valence-corrected chi connectivity index (χ3v) is 2.83. The predicted molar refractivity (Wildman–Crippen MR) is 59.4 cm³/mol. The van der Waals surface area contributed by atoms with Gasteiger partial charge in [0.1, 0.15) is 0 Å². The van der Waals surface area contributed by atoms with Crippen LogP contribution in [-0.4, -0.2) is 30.9 Å². The van der Waals surface area contributed by atoms with Crippen LogP contribution >= 0.6 is 11.6 Å². The normalized spacial score (nSPS) is 17.6. The standard InChI is InChI=1S/C11H20ClN/c1-13(10-8-12)9-7-11-5-3-2-4-6-11/h5H,2-4,6-10H2,1H3. The fourth-order valence-electron chi connectivity index (χ4n) is 1.72. The largest absolute Gasteiger partial charge is 0.305 e. The van der Waals surface area contributed by atoms with E-state index in [2.05, 4.69) is 18.0 Å². The maximum atomic E-state index is 5.66. The van der Waals surface area contributed by atoms with Crippen LogP contribution in [0.3, 0.4) is 0 Å². The number of hydrogen-bond acceptors (Lipinski definition) is 1. The summed E-state index contributed by atoms with van der Waals surface area (Å²) in [5, 5.41) is 0. The van der Waals surface area contributed by atoms with Gasteiger partial charge in [-0.1, -0.05) is 11.6 Å². The SMILES string of the molecule is CN(CCCl)CCC1=CCCCC1. The maximum absolute atomic E-state index is 5.66. The molecular weight excluding hydrogens is 182 g/mol. The molecule has 2 heteroatoms. The van der Waals surface area contributed by atoms with E-state index in [4.69, 9.17) is 11.6 Å². The van der Waals surface area contributed by atoms with Crippen molar-refractivity contribution in [1.82, 2.24) is 4.90 Å². The topological polar surface area (TPSA) is 3.24 Å². The second kappa shape index (κ2) is 6.44. The number of nitrogens with zero attached hydrogens (tertiary/aromatic N) is 1. The molecule has 1 nitrogen and oxygen atoms in total. The van der Waals surface area contributed by atoms with Crippen molar-refractivity contribution in [2.75, 3.05) is 26.0 Å². The molecule has 0 heterocycles. The zero-order chi connectivity index (χ0) is 9.52. The number of halogens is 1. The molecule has 0 aromatic rings. The molecule has 0 aromatic carbocycles. The average molecular weight is 202 g/mol. The molecule has 0 fully saturated rings. The molecule has 76 valence electrons. The van der Waals surface area contributed by atoms with E-state index in [1.54, 1.807) is 5.57 Å². The van der Waals surface area contributed by atoms with Crippen LogP contribution in [0.15, 0.2) is 11.6 Å². The highest BCUT2D eigenvalue weighted by Gasteiger charge is 2.04. The first-order valence-corrected chi connectivity index (χ1v) is 5.79. The summed E-state index contributed by atoms with van der Waals surface area (Å²) in [6.45, 7) is 2.17. The molecule has 0 N–H and O–H groups in total. The lowest BCUT2D eigenvalue weighted by Crippen LogP contribution is -2.22. The summed E-state index contributed by atoms with van der Waals surface area (Å²) in [7, 11) is 2.14. The summed E-state index contributed by atoms with van der Waals surface area (Å²) in [4.78, 5) is 2.31. The number of hydrogen-bond donors (Lipinski definition) is 0. The van der Waals surface area contributed by atoms with Crippen molar-refractivity contribution in [3.05, 3.63) is 11.6 Å². The highest BCUT2D eigenvalue weighted by Crippen LogP contribution is 2.19. The van der Waals surface area contributed by atoms with Crippen LogP contribution in [0.2, 0.25) is 0 Å². The monoisotopic (exact) mass is 201 g/mol. The fourth-order valence-corrected chi connectivity index (χ4v) is 2.01. The molecule has 1 aliphatic carbocycles. The van der Waals surface area contributed by atoms with E-state index in [-0.39, 0.29) is 0 Å². The molecule has 0 unspecified atom stereocenters. The molecule has 0 spiro atoms. The third kappa shape index (κ3) is 4.68. The Balaban J connectivity index is 2.13. The van der Waals surface area contributed by atoms with Crippen LogP contribution in [0.1, 0.15) is 32.1 Å². The molecule has 0 amide bonds. The molecule has 13 heavy (non-hydrogen) atoms. The minimum Gasteiger partial charge on any atom is -0.305 e. The Morgan fingerprint density at radius 1 is 1.38 bits per heavy atom. The maximum Gasteiger partial charge on any atom is 0.0351 e. The van der Waals surface area contributed by atoms with E-state index in [9.17, 15) is 0 Å². The first-order chi connectivity index (χ1) is 6.33. The molecular formula is C11H20ClN. The minimum atomic E-state index is 0.746. The summed E-state index contributed by atoms with van der Waals surface area (Å²) in [5.74, 6) is 0.746. The Hall–Kier alpha value is -0.0100. The van der Waals surface area contributed by atoms with Gasteiger partial charge in [-0.3, -0.25) is 0 Å². The smallest absolute Gasteiger partial charge is 0.0351 e. The first kappa shape index (κ1) is 11.1. The van der Waals surface area contributed by atoms with Gasteiger partial charge in [0.15, 0.2) is 0 Å². The molecule has 0 radical (unpaired) electrons. The molecule has 0 aliphatic heterocycles. The molecule has 1 aliphatic rings. The van der Waals surface area contributed by atoms with Crippen molar-refractivity contribution < 1.29 is 0 Å². The second-order valence-electron chi connectivity index (χ2n) is 3.85. The minimum absolute atomic E-state index is 0.746. The van der Waals surface area contributed by atoms with E-state index in [0.717, 1.165) is 12.4 Å². The number of alkyl halides is 1. The van der Waals surface area contributed by atoms with Crippen LogP contribution < -0.4 is 0 Å². The van der Waals surface area contributed by atoms with Crippen LogP contribution in [0.4, 0.5) is 0 Å². The van der Waals surface area contributed by atoms with E-state index >= 15 is 0 Å². The Morgan fingerprint density at radius 3 is 2.85 bits per heavy atom. The predicted octanol–water partition coefficient (Wildman–Crippen LogP) is 3.05. The molecule has 0 saturated heterocycles. The Kier molecular flexibility index (Phi) is 5.49. The van der Waals surface area contributed by atoms with Crippen molar-refractivity contribution in [2.24, 2.45) is 0 Å². The van der Waals surface area contributed by atoms with Gasteiger partial charge < -0.3 is 4.90 Å². The van der Waals surface area contributed by atoms with Gasteiger partial charge in [-0.05, 0) is 39.2 Å². The fraction of sp³-hybridized carbons (Fsp3) is 0.818. The Bertz CT molecular complexity index is 165. The van der Waals surface area contributed by atoms with Gasteiger partial charge in [0.05, 0.1) is 0 Å². The van der Waals surface area contributed by atoms with Gasteiger partial charge in [0.25, 0.3) is 0 Å². The quantitative estimate of drug-likeness (QED) is 0.488. The number of allylic oxidation sites excluding steroid dienone is 1. The summed E-state index contributed by atoms with van der Waals surface area (Å²) >= 11 is 5.66. The summed E-state index contributed by atoms with van der Waals surface area (Å²) in [6.07, 6.45) is 9.08. The molecule has 0 saturated carbocycles. The van der Waals surface area contributed by atoms with Crippen LogP contribution in [0.5, 0.6) is 0 Å². The van der Waals surface area contributed by atoms with Gasteiger partial charge in [0.2, 0.25) is 0 Å². The van der Waals surface area contributed by atoms with Crippen molar-refractivity contribution in [1.29, 1.82) is 0 Å². The highest BCUT2D eigenvalue weighted by atomic mass is 35.5. The summed E-state index contributed by atoms with van der Waals surface area (Å²) in [5.41, 5.74) is 1.66.